The minimum Gasteiger partial charge on any atom is -0.301 e. The molecule has 0 saturated heterocycles. The Labute approximate surface area is 106 Å². The number of carbonyl (C=O) groups excluding carboxylic acids is 1. The van der Waals surface area contributed by atoms with Crippen LogP contribution in [0.2, 0.25) is 0 Å². The molecule has 0 atom stereocenters. The summed E-state index contributed by atoms with van der Waals surface area (Å²) in [5.74, 6) is 4.73. The Morgan fingerprint density at radius 1 is 1.59 bits per heavy atom. The summed E-state index contributed by atoms with van der Waals surface area (Å²) in [6.45, 7) is 4.03. The predicted molar refractivity (Wildman–Crippen MR) is 69.6 cm³/mol. The molecule has 1 aromatic rings. The van der Waals surface area contributed by atoms with Crippen LogP contribution in [0.25, 0.3) is 0 Å². The van der Waals surface area contributed by atoms with Crippen molar-refractivity contribution in [3.63, 3.8) is 0 Å². The Bertz CT molecular complexity index is 353. The largest absolute Gasteiger partial charge is 0.301 e. The summed E-state index contributed by atoms with van der Waals surface area (Å²) in [7, 11) is 2.07. The standard InChI is InChI=1S/C11H20N4OS/c1-3-4-5-6-15(2)7-9-8-17-11(13-9)10(16)14-12/h8H,3-7,12H2,1-2H3,(H,14,16). The highest BCUT2D eigenvalue weighted by Crippen LogP contribution is 2.11. The van der Waals surface area contributed by atoms with Crippen molar-refractivity contribution in [3.05, 3.63) is 16.1 Å². The van der Waals surface area contributed by atoms with Crippen molar-refractivity contribution in [1.29, 1.82) is 0 Å². The van der Waals surface area contributed by atoms with E-state index >= 15 is 0 Å². The van der Waals surface area contributed by atoms with Gasteiger partial charge in [0.2, 0.25) is 0 Å². The monoisotopic (exact) mass is 256 g/mol. The molecule has 0 aliphatic heterocycles. The summed E-state index contributed by atoms with van der Waals surface area (Å²) in [6, 6.07) is 0. The fourth-order valence-electron chi connectivity index (χ4n) is 1.53. The number of thiazole rings is 1. The highest BCUT2D eigenvalue weighted by atomic mass is 32.1. The van der Waals surface area contributed by atoms with Crippen molar-refractivity contribution >= 4 is 17.2 Å². The fourth-order valence-corrected chi connectivity index (χ4v) is 2.24. The van der Waals surface area contributed by atoms with Crippen LogP contribution in [0.1, 0.15) is 41.7 Å². The Balaban J connectivity index is 2.40. The number of carbonyl (C=O) groups is 1. The molecule has 0 aliphatic rings. The molecule has 0 fully saturated rings. The molecule has 1 amide bonds. The van der Waals surface area contributed by atoms with E-state index in [1.807, 2.05) is 5.38 Å². The molecule has 1 rings (SSSR count). The third-order valence-corrected chi connectivity index (χ3v) is 3.34. The first-order valence-electron chi connectivity index (χ1n) is 5.81. The lowest BCUT2D eigenvalue weighted by atomic mass is 10.2. The van der Waals surface area contributed by atoms with Gasteiger partial charge in [0.25, 0.3) is 5.91 Å². The molecule has 6 heteroatoms. The lowest BCUT2D eigenvalue weighted by Gasteiger charge is -2.14. The summed E-state index contributed by atoms with van der Waals surface area (Å²) < 4.78 is 0. The Kier molecular flexibility index (Phi) is 6.10. The number of amides is 1. The quantitative estimate of drug-likeness (QED) is 0.334. The van der Waals surface area contributed by atoms with Gasteiger partial charge in [0, 0.05) is 11.9 Å². The van der Waals surface area contributed by atoms with Crippen molar-refractivity contribution in [2.45, 2.75) is 32.7 Å². The van der Waals surface area contributed by atoms with E-state index in [0.29, 0.717) is 5.01 Å². The summed E-state index contributed by atoms with van der Waals surface area (Å²) >= 11 is 1.32. The molecule has 0 bridgehead atoms. The first-order valence-corrected chi connectivity index (χ1v) is 6.69. The fraction of sp³-hybridized carbons (Fsp3) is 0.636. The molecule has 0 aromatic carbocycles. The van der Waals surface area contributed by atoms with Crippen molar-refractivity contribution in [3.8, 4) is 0 Å². The highest BCUT2D eigenvalue weighted by molar-refractivity contribution is 7.11. The zero-order valence-corrected chi connectivity index (χ0v) is 11.2. The van der Waals surface area contributed by atoms with Crippen LogP contribution in [0.4, 0.5) is 0 Å². The van der Waals surface area contributed by atoms with Gasteiger partial charge in [-0.05, 0) is 20.0 Å². The first-order chi connectivity index (χ1) is 8.17. The van der Waals surface area contributed by atoms with E-state index in [-0.39, 0.29) is 5.91 Å². The van der Waals surface area contributed by atoms with Gasteiger partial charge in [-0.1, -0.05) is 19.8 Å². The SMILES string of the molecule is CCCCCN(C)Cc1csc(C(=O)NN)n1. The van der Waals surface area contributed by atoms with E-state index in [1.165, 1.54) is 30.6 Å². The molecule has 96 valence electrons. The molecule has 5 nitrogen and oxygen atoms in total. The van der Waals surface area contributed by atoms with E-state index in [4.69, 9.17) is 5.84 Å². The topological polar surface area (TPSA) is 71.2 Å². The average Bonchev–Trinajstić information content (AvgIpc) is 2.77. The third kappa shape index (κ3) is 4.80. The van der Waals surface area contributed by atoms with Crippen molar-refractivity contribution in [2.24, 2.45) is 5.84 Å². The number of nitrogen functional groups attached to an aromatic ring is 1. The van der Waals surface area contributed by atoms with Crippen LogP contribution in [0.3, 0.4) is 0 Å². The predicted octanol–water partition coefficient (Wildman–Crippen LogP) is 1.37. The average molecular weight is 256 g/mol. The maximum Gasteiger partial charge on any atom is 0.294 e. The van der Waals surface area contributed by atoms with Gasteiger partial charge < -0.3 is 4.90 Å². The van der Waals surface area contributed by atoms with E-state index in [9.17, 15) is 4.79 Å². The lowest BCUT2D eigenvalue weighted by molar-refractivity contribution is 0.0953. The molecule has 0 unspecified atom stereocenters. The van der Waals surface area contributed by atoms with Gasteiger partial charge in [-0.15, -0.1) is 11.3 Å². The second-order valence-corrected chi connectivity index (χ2v) is 4.92. The zero-order chi connectivity index (χ0) is 12.7. The van der Waals surface area contributed by atoms with Crippen LogP contribution >= 0.6 is 11.3 Å². The number of aromatic nitrogens is 1. The third-order valence-electron chi connectivity index (χ3n) is 2.45. The molecule has 1 aromatic heterocycles. The number of hydrazine groups is 1. The summed E-state index contributed by atoms with van der Waals surface area (Å²) in [5.41, 5.74) is 3.01. The van der Waals surface area contributed by atoms with Crippen LogP contribution in [-0.2, 0) is 6.54 Å². The summed E-state index contributed by atoms with van der Waals surface area (Å²) in [5, 5.41) is 2.32. The molecular formula is C11H20N4OS. The second-order valence-electron chi connectivity index (χ2n) is 4.06. The normalized spacial score (nSPS) is 10.8. The van der Waals surface area contributed by atoms with E-state index in [2.05, 4.69) is 29.3 Å². The molecule has 0 aliphatic carbocycles. The van der Waals surface area contributed by atoms with Gasteiger partial charge in [0.15, 0.2) is 5.01 Å². The molecule has 1 heterocycles. The molecule has 0 radical (unpaired) electrons. The summed E-state index contributed by atoms with van der Waals surface area (Å²) in [4.78, 5) is 17.7. The first kappa shape index (κ1) is 14.1. The van der Waals surface area contributed by atoms with Crippen LogP contribution in [0, 0.1) is 0 Å². The van der Waals surface area contributed by atoms with Crippen LogP contribution in [0.15, 0.2) is 5.38 Å². The summed E-state index contributed by atoms with van der Waals surface area (Å²) in [6.07, 6.45) is 3.68. The molecule has 3 N–H and O–H groups in total. The number of nitrogens with zero attached hydrogens (tertiary/aromatic N) is 2. The smallest absolute Gasteiger partial charge is 0.294 e. The maximum absolute atomic E-state index is 11.2. The molecular weight excluding hydrogens is 236 g/mol. The van der Waals surface area contributed by atoms with E-state index < -0.39 is 0 Å². The van der Waals surface area contributed by atoms with E-state index in [0.717, 1.165) is 18.8 Å². The van der Waals surface area contributed by atoms with Crippen LogP contribution in [-0.4, -0.2) is 29.4 Å². The van der Waals surface area contributed by atoms with Crippen molar-refractivity contribution in [1.82, 2.24) is 15.3 Å². The number of nitrogens with one attached hydrogen (secondary N) is 1. The Hall–Kier alpha value is -0.980. The van der Waals surface area contributed by atoms with Gasteiger partial charge in [0.05, 0.1) is 5.69 Å². The molecule has 0 saturated carbocycles. The van der Waals surface area contributed by atoms with E-state index in [1.54, 1.807) is 0 Å². The van der Waals surface area contributed by atoms with Gasteiger partial charge in [0.1, 0.15) is 0 Å². The van der Waals surface area contributed by atoms with Gasteiger partial charge in [-0.2, -0.15) is 0 Å². The number of hydrogen-bond acceptors (Lipinski definition) is 5. The van der Waals surface area contributed by atoms with Crippen LogP contribution in [0.5, 0.6) is 0 Å². The van der Waals surface area contributed by atoms with Gasteiger partial charge in [-0.3, -0.25) is 10.2 Å². The van der Waals surface area contributed by atoms with Crippen molar-refractivity contribution < 1.29 is 4.79 Å². The highest BCUT2D eigenvalue weighted by Gasteiger charge is 2.10. The Morgan fingerprint density at radius 3 is 3.00 bits per heavy atom. The zero-order valence-electron chi connectivity index (χ0n) is 10.4. The van der Waals surface area contributed by atoms with Gasteiger partial charge in [-0.25, -0.2) is 10.8 Å². The second kappa shape index (κ2) is 7.37. The Morgan fingerprint density at radius 2 is 2.35 bits per heavy atom. The molecule has 0 spiro atoms. The minimum atomic E-state index is -0.324. The van der Waals surface area contributed by atoms with Crippen molar-refractivity contribution in [2.75, 3.05) is 13.6 Å². The molecule has 17 heavy (non-hydrogen) atoms. The number of rotatable bonds is 7. The van der Waals surface area contributed by atoms with Crippen LogP contribution < -0.4 is 11.3 Å². The minimum absolute atomic E-state index is 0.324. The number of unbranched alkanes of at least 4 members (excludes halogenated alkanes) is 2. The number of nitrogens with two attached hydrogens (primary N) is 1. The maximum atomic E-state index is 11.2. The lowest BCUT2D eigenvalue weighted by Crippen LogP contribution is -2.30. The van der Waals surface area contributed by atoms with Gasteiger partial charge >= 0.3 is 0 Å². The number of hydrogen-bond donors (Lipinski definition) is 2.